The number of aliphatic hydroxyl groups is 2. The molecule has 7 rings (SSSR count). The van der Waals surface area contributed by atoms with Gasteiger partial charge in [-0.05, 0) is 147 Å². The summed E-state index contributed by atoms with van der Waals surface area (Å²) in [7, 11) is -3.92. The van der Waals surface area contributed by atoms with Gasteiger partial charge in [0.2, 0.25) is 4.38 Å². The molecule has 0 aliphatic heterocycles. The predicted octanol–water partition coefficient (Wildman–Crippen LogP) is 20.1. The molecule has 0 atom stereocenters. The van der Waals surface area contributed by atoms with Crippen molar-refractivity contribution in [1.82, 2.24) is 0 Å². The van der Waals surface area contributed by atoms with Gasteiger partial charge in [-0.2, -0.15) is 0 Å². The summed E-state index contributed by atoms with van der Waals surface area (Å²) in [6.45, 7) is 8.13. The summed E-state index contributed by atoms with van der Waals surface area (Å²) >= 11 is 6.42. The van der Waals surface area contributed by atoms with E-state index >= 15 is 0 Å². The molecular formula is C80H111F12NaO13S3. The third-order valence-electron chi connectivity index (χ3n) is 13.7. The number of unbranched alkanes of at least 4 members (excludes halogenated alkanes) is 14. The number of hydrogen-bond donors (Lipinski definition) is 2. The number of ether oxygens (including phenoxy) is 8. The van der Waals surface area contributed by atoms with Gasteiger partial charge in [-0.25, -0.2) is 8.42 Å². The Hall–Kier alpha value is -4.99. The van der Waals surface area contributed by atoms with Crippen LogP contribution in [0.25, 0.3) is 21.5 Å². The summed E-state index contributed by atoms with van der Waals surface area (Å²) in [6, 6.07) is 63.6. The first-order valence-corrected chi connectivity index (χ1v) is 39.3. The molecule has 0 radical (unpaired) electrons. The quantitative estimate of drug-likeness (QED) is 0.0123. The Labute approximate surface area is 669 Å². The van der Waals surface area contributed by atoms with Crippen molar-refractivity contribution < 1.29 is 143 Å². The number of aliphatic hydroxyl groups excluding tert-OH is 2. The maximum atomic E-state index is 11.6. The minimum atomic E-state index is -4.51. The first-order valence-electron chi connectivity index (χ1n) is 35.8. The van der Waals surface area contributed by atoms with Crippen molar-refractivity contribution in [1.29, 1.82) is 0 Å². The molecular weight excluding hydrogens is 1520 g/mol. The van der Waals surface area contributed by atoms with Gasteiger partial charge in [0, 0.05) is 39.3 Å². The Morgan fingerprint density at radius 3 is 0.771 bits per heavy atom. The minimum absolute atomic E-state index is 0. The van der Waals surface area contributed by atoms with E-state index in [4.69, 9.17) is 54.3 Å². The van der Waals surface area contributed by atoms with Crippen molar-refractivity contribution in [2.75, 3.05) is 78.6 Å². The molecule has 0 amide bonds. The SMILES string of the molecule is CCCCCCOC(F)(F)F.CCCCCCOC(F)(F)F.CS(=O)(=O)[O-].CSC(=S)OCCCCCOCc1ccccc1.FC(F)(F)OCCCCCOCc1ccccc1.OCCCCCOC(F)(F)F.OCCCCCOCc1ccccc1.[Na+].c1ccc2ccccc2c1.c1ccc2ccccc2c1. The topological polar surface area (TPSA) is 171 Å². The number of thioether (sulfide) groups is 1. The van der Waals surface area contributed by atoms with Gasteiger partial charge in [0.25, 0.3) is 0 Å². The molecule has 0 fully saturated rings. The fourth-order valence-corrected chi connectivity index (χ4v) is 8.72. The van der Waals surface area contributed by atoms with Crippen molar-refractivity contribution in [2.45, 2.75) is 188 Å². The van der Waals surface area contributed by atoms with Gasteiger partial charge in [-0.1, -0.05) is 252 Å². The fraction of sp³-hybridized carbons (Fsp3) is 0.512. The second kappa shape index (κ2) is 72.0. The van der Waals surface area contributed by atoms with E-state index in [9.17, 15) is 52.7 Å². The molecule has 0 aliphatic carbocycles. The zero-order valence-corrected chi connectivity index (χ0v) is 67.8. The minimum Gasteiger partial charge on any atom is -0.748 e. The zero-order chi connectivity index (χ0) is 80.7. The number of hydrogen-bond acceptors (Lipinski definition) is 15. The Morgan fingerprint density at radius 2 is 0.560 bits per heavy atom. The van der Waals surface area contributed by atoms with Gasteiger partial charge >= 0.3 is 55.0 Å². The molecule has 0 saturated carbocycles. The van der Waals surface area contributed by atoms with Crippen LogP contribution in [0.3, 0.4) is 0 Å². The number of rotatable bonds is 38. The third-order valence-corrected chi connectivity index (χ3v) is 14.8. The number of fused-ring (bicyclic) bond motifs is 2. The second-order valence-corrected chi connectivity index (χ2v) is 26.1. The summed E-state index contributed by atoms with van der Waals surface area (Å²) < 4.78 is 201. The van der Waals surface area contributed by atoms with E-state index in [0.29, 0.717) is 88.6 Å². The van der Waals surface area contributed by atoms with Crippen LogP contribution in [0.2, 0.25) is 0 Å². The van der Waals surface area contributed by atoms with Crippen LogP contribution in [0.15, 0.2) is 188 Å². The molecule has 0 aromatic heterocycles. The standard InChI is InChI=1S/C14H20O2S2.C13H17F3O2.C12H18O2.2C10H8.2C7H13F3O.C6H11F3O2.CH4O3S.Na/c1-18-14(17)16-11-7-3-6-10-15-12-13-8-4-2-5-9-13;14-13(15,16)18-10-6-2-5-9-17-11-12-7-3-1-4-8-12;13-9-5-2-6-10-14-11-12-7-3-1-4-8-12;2*1-2-6-10-8-4-3-7-9(10)5-1;2*1-2-3-4-5-6-11-7(8,9)10;7-6(8,9)11-5-3-1-2-4-10;1-5(2,3)4;/h2,4-5,8-9H,3,6-7,10-12H2,1H3;1,3-4,7-8H,2,5-6,9-11H2;1,3-4,7-8,13H,2,5-6,9-11H2;2*1-8H;2*2-6H2,1H3;10H,1-5H2;1H3,(H,2,3,4);/q;;;;;;;;;+1/p-1. The molecule has 612 valence electrons. The number of benzene rings is 7. The number of thiocarbonyl (C=S) groups is 1. The summed E-state index contributed by atoms with van der Waals surface area (Å²) in [6.07, 6.45) is 0.631. The van der Waals surface area contributed by atoms with Crippen LogP contribution in [0.1, 0.15) is 159 Å². The molecule has 13 nitrogen and oxygen atoms in total. The summed E-state index contributed by atoms with van der Waals surface area (Å²) in [5.41, 5.74) is 3.54. The monoisotopic (exact) mass is 1630 g/mol. The Morgan fingerprint density at radius 1 is 0.358 bits per heavy atom. The summed E-state index contributed by atoms with van der Waals surface area (Å²) in [5.74, 6) is 0. The molecule has 0 unspecified atom stereocenters. The molecule has 109 heavy (non-hydrogen) atoms. The normalized spacial score (nSPS) is 11.0. The van der Waals surface area contributed by atoms with Crippen molar-refractivity contribution in [2.24, 2.45) is 0 Å². The maximum absolute atomic E-state index is 11.6. The molecule has 0 spiro atoms. The third kappa shape index (κ3) is 83.8. The van der Waals surface area contributed by atoms with Gasteiger partial charge in [0.15, 0.2) is 0 Å². The molecule has 0 bridgehead atoms. The average Bonchev–Trinajstić information content (AvgIpc) is 0.876. The van der Waals surface area contributed by atoms with E-state index in [2.05, 4.69) is 140 Å². The van der Waals surface area contributed by atoms with Crippen molar-refractivity contribution in [3.63, 3.8) is 0 Å². The zero-order valence-electron chi connectivity index (χ0n) is 63.4. The average molecular weight is 1630 g/mol. The molecule has 0 heterocycles. The summed E-state index contributed by atoms with van der Waals surface area (Å²) in [5, 5.41) is 22.1. The van der Waals surface area contributed by atoms with Gasteiger partial charge in [0.05, 0.1) is 63.0 Å². The van der Waals surface area contributed by atoms with E-state index in [1.807, 2.05) is 86.8 Å². The van der Waals surface area contributed by atoms with Crippen molar-refractivity contribution in [3.05, 3.63) is 205 Å². The molecule has 2 N–H and O–H groups in total. The van der Waals surface area contributed by atoms with Crippen molar-refractivity contribution >= 4 is 60.0 Å². The number of halogens is 12. The van der Waals surface area contributed by atoms with Crippen molar-refractivity contribution in [3.8, 4) is 0 Å². The Balaban J connectivity index is -0.00000118. The van der Waals surface area contributed by atoms with Crippen LogP contribution in [0, 0.1) is 0 Å². The molecule has 29 heteroatoms. The van der Waals surface area contributed by atoms with Crippen LogP contribution in [0.5, 0.6) is 0 Å². The van der Waals surface area contributed by atoms with Gasteiger partial charge in [-0.3, -0.25) is 18.9 Å². The van der Waals surface area contributed by atoms with E-state index < -0.39 is 35.6 Å². The van der Waals surface area contributed by atoms with Crippen LogP contribution < -0.4 is 29.6 Å². The van der Waals surface area contributed by atoms with Crippen LogP contribution in [0.4, 0.5) is 52.7 Å². The van der Waals surface area contributed by atoms with E-state index in [1.54, 1.807) is 0 Å². The molecule has 0 saturated heterocycles. The number of alkyl halides is 12. The molecule has 0 aliphatic rings. The first kappa shape index (κ1) is 108. The van der Waals surface area contributed by atoms with E-state index in [0.717, 1.165) is 109 Å². The van der Waals surface area contributed by atoms with Gasteiger partial charge < -0.3 is 33.7 Å². The smallest absolute Gasteiger partial charge is 0.748 e. The largest absolute Gasteiger partial charge is 1.00 e. The second-order valence-electron chi connectivity index (χ2n) is 23.3. The fourth-order valence-electron chi connectivity index (χ4n) is 8.43. The Kier molecular flexibility index (Phi) is 71.5. The first-order chi connectivity index (χ1) is 51.5. The van der Waals surface area contributed by atoms with E-state index in [-0.39, 0.29) is 62.6 Å². The van der Waals surface area contributed by atoms with Crippen LogP contribution in [-0.2, 0) is 67.8 Å². The van der Waals surface area contributed by atoms with Gasteiger partial charge in [0.1, 0.15) is 0 Å². The van der Waals surface area contributed by atoms with Crippen LogP contribution >= 0.6 is 24.0 Å². The van der Waals surface area contributed by atoms with Gasteiger partial charge in [-0.15, -0.1) is 52.7 Å². The molecule has 7 aromatic carbocycles. The predicted molar refractivity (Wildman–Crippen MR) is 410 cm³/mol. The van der Waals surface area contributed by atoms with E-state index in [1.165, 1.54) is 44.4 Å². The maximum Gasteiger partial charge on any atom is 1.00 e. The molecule has 7 aromatic rings. The summed E-state index contributed by atoms with van der Waals surface area (Å²) in [4.78, 5) is 0. The van der Waals surface area contributed by atoms with Crippen LogP contribution in [-0.4, -0.2) is 132 Å². The Bertz CT molecular complexity index is 2980.